The fourth-order valence-corrected chi connectivity index (χ4v) is 11.9. The van der Waals surface area contributed by atoms with Crippen LogP contribution < -0.4 is 4.74 Å². The molecule has 0 aliphatic heterocycles. The Hall–Kier alpha value is -2.92. The molecule has 44 heavy (non-hydrogen) atoms. The molecule has 230 valence electrons. The van der Waals surface area contributed by atoms with Crippen LogP contribution in [0.5, 0.6) is 17.2 Å². The van der Waals surface area contributed by atoms with Crippen LogP contribution >= 0.6 is 0 Å². The van der Waals surface area contributed by atoms with E-state index in [0.717, 1.165) is 70.0 Å². The van der Waals surface area contributed by atoms with Crippen LogP contribution in [0.1, 0.15) is 112 Å². The second-order valence-electron chi connectivity index (χ2n) is 15.8. The van der Waals surface area contributed by atoms with Gasteiger partial charge in [-0.15, -0.1) is 12.8 Å². The minimum atomic E-state index is -1.00. The highest BCUT2D eigenvalue weighted by molar-refractivity contribution is 5.52. The molecule has 0 saturated heterocycles. The molecule has 3 N–H and O–H groups in total. The third kappa shape index (κ3) is 3.68. The largest absolute Gasteiger partial charge is 0.504 e. The maximum atomic E-state index is 11.3. The van der Waals surface area contributed by atoms with Crippen molar-refractivity contribution < 1.29 is 20.1 Å². The lowest BCUT2D eigenvalue weighted by molar-refractivity contribution is -0.0647. The zero-order valence-electron chi connectivity index (χ0n) is 26.2. The SMILES string of the molecule is C#C[C@]1(O)CCC2C3CCc4cc(Oc5cc6c(cc5O)CC[C@@H]5[C@@H]6CC[C@@]6(C)[C@H]5CC[C@@]6(O)C#C)ccc4C3CC[C@@]21C. The first-order chi connectivity index (χ1) is 21.0. The monoisotopic (exact) mass is 590 g/mol. The van der Waals surface area contributed by atoms with E-state index in [4.69, 9.17) is 17.6 Å². The Morgan fingerprint density at radius 2 is 1.25 bits per heavy atom. The molecule has 2 aromatic rings. The molecule has 3 unspecified atom stereocenters. The highest BCUT2D eigenvalue weighted by atomic mass is 16.5. The van der Waals surface area contributed by atoms with Crippen molar-refractivity contribution in [2.24, 2.45) is 34.5 Å². The van der Waals surface area contributed by atoms with Crippen LogP contribution in [0.15, 0.2) is 30.3 Å². The second-order valence-corrected chi connectivity index (χ2v) is 15.8. The summed E-state index contributed by atoms with van der Waals surface area (Å²) in [4.78, 5) is 0. The summed E-state index contributed by atoms with van der Waals surface area (Å²) in [6, 6.07) is 10.6. The smallest absolute Gasteiger partial charge is 0.169 e. The van der Waals surface area contributed by atoms with Gasteiger partial charge in [-0.25, -0.2) is 0 Å². The van der Waals surface area contributed by atoms with E-state index in [1.54, 1.807) is 0 Å². The lowest BCUT2D eigenvalue weighted by Crippen LogP contribution is -2.50. The van der Waals surface area contributed by atoms with Gasteiger partial charge in [-0.2, -0.15) is 0 Å². The van der Waals surface area contributed by atoms with E-state index in [-0.39, 0.29) is 16.6 Å². The summed E-state index contributed by atoms with van der Waals surface area (Å²) in [6.45, 7) is 4.45. The second kappa shape index (κ2) is 9.55. The summed E-state index contributed by atoms with van der Waals surface area (Å²) in [5.74, 6) is 9.91. The number of hydrogen-bond acceptors (Lipinski definition) is 4. The number of terminal acetylenes is 2. The fourth-order valence-electron chi connectivity index (χ4n) is 11.9. The maximum Gasteiger partial charge on any atom is 0.169 e. The molecule has 0 aromatic heterocycles. The molecule has 4 fully saturated rings. The van der Waals surface area contributed by atoms with E-state index in [1.807, 2.05) is 6.07 Å². The minimum absolute atomic E-state index is 0.191. The van der Waals surface area contributed by atoms with Gasteiger partial charge in [0.2, 0.25) is 0 Å². The number of aromatic hydroxyl groups is 1. The Labute approximate surface area is 262 Å². The van der Waals surface area contributed by atoms with Crippen molar-refractivity contribution in [3.8, 4) is 41.9 Å². The van der Waals surface area contributed by atoms with Gasteiger partial charge in [-0.1, -0.05) is 31.8 Å². The first-order valence-electron chi connectivity index (χ1n) is 17.1. The molecule has 2 aromatic carbocycles. The summed E-state index contributed by atoms with van der Waals surface area (Å²) < 4.78 is 6.47. The van der Waals surface area contributed by atoms with Gasteiger partial charge in [-0.3, -0.25) is 0 Å². The van der Waals surface area contributed by atoms with E-state index in [1.165, 1.54) is 22.3 Å². The lowest BCUT2D eigenvalue weighted by Gasteiger charge is -2.52. The quantitative estimate of drug-likeness (QED) is 0.315. The average Bonchev–Trinajstić information content (AvgIpc) is 3.46. The van der Waals surface area contributed by atoms with E-state index < -0.39 is 11.2 Å². The van der Waals surface area contributed by atoms with Gasteiger partial charge in [-0.05, 0) is 159 Å². The van der Waals surface area contributed by atoms with Gasteiger partial charge in [0.1, 0.15) is 17.0 Å². The average molecular weight is 591 g/mol. The zero-order valence-corrected chi connectivity index (χ0v) is 26.2. The van der Waals surface area contributed by atoms with Gasteiger partial charge < -0.3 is 20.1 Å². The van der Waals surface area contributed by atoms with Crippen LogP contribution in [0.25, 0.3) is 0 Å². The summed E-state index contributed by atoms with van der Waals surface area (Å²) in [7, 11) is 0. The van der Waals surface area contributed by atoms with Crippen LogP contribution in [0.2, 0.25) is 0 Å². The third-order valence-electron chi connectivity index (χ3n) is 14.5. The van der Waals surface area contributed by atoms with Crippen LogP contribution in [0.3, 0.4) is 0 Å². The first kappa shape index (κ1) is 28.5. The van der Waals surface area contributed by atoms with Crippen molar-refractivity contribution in [1.29, 1.82) is 0 Å². The van der Waals surface area contributed by atoms with Gasteiger partial charge in [0.25, 0.3) is 0 Å². The lowest BCUT2D eigenvalue weighted by atomic mass is 9.53. The first-order valence-corrected chi connectivity index (χ1v) is 17.1. The molecular weight excluding hydrogens is 544 g/mol. The molecule has 4 heteroatoms. The molecule has 4 saturated carbocycles. The van der Waals surface area contributed by atoms with Crippen LogP contribution in [0, 0.1) is 59.2 Å². The molecule has 8 rings (SSSR count). The van der Waals surface area contributed by atoms with E-state index in [2.05, 4.69) is 50.0 Å². The predicted molar refractivity (Wildman–Crippen MR) is 171 cm³/mol. The number of rotatable bonds is 2. The molecule has 0 bridgehead atoms. The van der Waals surface area contributed by atoms with Crippen molar-refractivity contribution in [2.75, 3.05) is 0 Å². The zero-order chi connectivity index (χ0) is 30.6. The van der Waals surface area contributed by atoms with Crippen LogP contribution in [-0.2, 0) is 12.8 Å². The number of hydrogen-bond donors (Lipinski definition) is 3. The molecule has 10 atom stereocenters. The summed E-state index contributed by atoms with van der Waals surface area (Å²) in [5.41, 5.74) is 2.92. The minimum Gasteiger partial charge on any atom is -0.504 e. The Kier molecular flexibility index (Phi) is 6.19. The molecule has 0 radical (unpaired) electrons. The van der Waals surface area contributed by atoms with E-state index in [9.17, 15) is 15.3 Å². The number of phenolic OH excluding ortho intramolecular Hbond substituents is 1. The van der Waals surface area contributed by atoms with Gasteiger partial charge in [0.05, 0.1) is 0 Å². The van der Waals surface area contributed by atoms with Crippen molar-refractivity contribution >= 4 is 0 Å². The molecule has 6 aliphatic rings. The van der Waals surface area contributed by atoms with Crippen molar-refractivity contribution in [3.05, 3.63) is 52.6 Å². The molecule has 0 spiro atoms. The third-order valence-corrected chi connectivity index (χ3v) is 14.5. The maximum absolute atomic E-state index is 11.3. The van der Waals surface area contributed by atoms with Crippen molar-refractivity contribution in [1.82, 2.24) is 0 Å². The molecule has 0 amide bonds. The molecule has 4 nitrogen and oxygen atoms in total. The number of ether oxygens (including phenoxy) is 1. The highest BCUT2D eigenvalue weighted by Gasteiger charge is 2.62. The highest BCUT2D eigenvalue weighted by Crippen LogP contribution is 2.66. The standard InChI is InChI=1S/C40H46O4/c1-5-39(42)19-15-33-30-10-7-24-21-26(9-12-27(24)28(30)13-17-37(33,39)3)44-36-23-32-25(22-35(36)41)8-11-31-29(32)14-18-38(4)34(31)16-20-40(38,43)6-2/h1-2,9,12,21-23,28-31,33-34,41-43H,7-8,10-11,13-20H2,3-4H3/t28?,29-,30?,31+,33?,34-,37-,38-,39-,40-/m0/s1. The number of aryl methyl sites for hydroxylation is 2. The van der Waals surface area contributed by atoms with Gasteiger partial charge >= 0.3 is 0 Å². The number of fused-ring (bicyclic) bond motifs is 10. The van der Waals surface area contributed by atoms with E-state index in [0.29, 0.717) is 54.1 Å². The van der Waals surface area contributed by atoms with Crippen molar-refractivity contribution in [3.63, 3.8) is 0 Å². The van der Waals surface area contributed by atoms with Gasteiger partial charge in [0.15, 0.2) is 11.5 Å². The Morgan fingerprint density at radius 1 is 0.705 bits per heavy atom. The van der Waals surface area contributed by atoms with Gasteiger partial charge in [0, 0.05) is 10.8 Å². The summed E-state index contributed by atoms with van der Waals surface area (Å²) >= 11 is 0. The Balaban J connectivity index is 1.04. The fraction of sp³-hybridized carbons (Fsp3) is 0.600. The van der Waals surface area contributed by atoms with Crippen LogP contribution in [-0.4, -0.2) is 26.5 Å². The summed E-state index contributed by atoms with van der Waals surface area (Å²) in [5, 5.41) is 33.6. The van der Waals surface area contributed by atoms with E-state index >= 15 is 0 Å². The van der Waals surface area contributed by atoms with Crippen LogP contribution in [0.4, 0.5) is 0 Å². The number of phenols is 1. The molecule has 0 heterocycles. The predicted octanol–water partition coefficient (Wildman–Crippen LogP) is 7.63. The van der Waals surface area contributed by atoms with Crippen molar-refractivity contribution in [2.45, 2.75) is 114 Å². The topological polar surface area (TPSA) is 69.9 Å². The molecule has 6 aliphatic carbocycles. The number of benzene rings is 2. The Bertz CT molecular complexity index is 1610. The normalized spacial score (nSPS) is 43.2. The Morgan fingerprint density at radius 3 is 1.82 bits per heavy atom. The molecular formula is C40H46O4. The summed E-state index contributed by atoms with van der Waals surface area (Å²) in [6.07, 6.45) is 23.2. The number of aliphatic hydroxyl groups is 2.